The average Bonchev–Trinajstić information content (AvgIpc) is 3.21. The molecule has 0 aliphatic carbocycles. The van der Waals surface area contributed by atoms with Crippen LogP contribution in [0.3, 0.4) is 0 Å². The number of fused-ring (bicyclic) bond motifs is 1. The number of aryl methyl sites for hydroxylation is 1. The van der Waals surface area contributed by atoms with E-state index in [1.165, 1.54) is 31.4 Å². The lowest BCUT2D eigenvalue weighted by Crippen LogP contribution is -2.40. The first-order chi connectivity index (χ1) is 16.5. The van der Waals surface area contributed by atoms with Crippen molar-refractivity contribution in [1.29, 1.82) is 5.26 Å². The maximum atomic E-state index is 13.0. The molecule has 0 unspecified atom stereocenters. The highest BCUT2D eigenvalue weighted by molar-refractivity contribution is 6.01. The lowest BCUT2D eigenvalue weighted by molar-refractivity contribution is -0.136. The van der Waals surface area contributed by atoms with Crippen LogP contribution >= 0.6 is 0 Å². The van der Waals surface area contributed by atoms with E-state index < -0.39 is 12.1 Å². The molecule has 4 rings (SSSR count). The van der Waals surface area contributed by atoms with E-state index >= 15 is 0 Å². The Morgan fingerprint density at radius 2 is 2.18 bits per heavy atom. The summed E-state index contributed by atoms with van der Waals surface area (Å²) < 4.78 is 10.4. The minimum absolute atomic E-state index is 0.108. The second-order valence-electron chi connectivity index (χ2n) is 7.97. The van der Waals surface area contributed by atoms with Crippen LogP contribution in [-0.2, 0) is 22.5 Å². The van der Waals surface area contributed by atoms with Gasteiger partial charge in [0.2, 0.25) is 0 Å². The van der Waals surface area contributed by atoms with Crippen molar-refractivity contribution in [3.63, 3.8) is 0 Å². The molecule has 11 nitrogen and oxygen atoms in total. The van der Waals surface area contributed by atoms with E-state index in [2.05, 4.69) is 15.3 Å². The number of anilines is 2. The third-order valence-electron chi connectivity index (χ3n) is 5.97. The molecule has 0 aromatic carbocycles. The molecule has 2 aromatic rings. The Bertz CT molecular complexity index is 1180. The molecule has 3 amide bonds. The first-order valence-electron chi connectivity index (χ1n) is 10.8. The molecule has 1 saturated heterocycles. The van der Waals surface area contributed by atoms with Gasteiger partial charge in [-0.3, -0.25) is 19.8 Å². The van der Waals surface area contributed by atoms with Gasteiger partial charge in [-0.15, -0.1) is 0 Å². The number of carbonyl (C=O) groups excluding carboxylic acids is 3. The number of amides is 3. The van der Waals surface area contributed by atoms with Gasteiger partial charge in [-0.05, 0) is 24.5 Å². The van der Waals surface area contributed by atoms with Crippen molar-refractivity contribution >= 4 is 29.9 Å². The number of methoxy groups -OCH3 is 2. The molecule has 176 valence electrons. The molecule has 0 radical (unpaired) electrons. The number of nitrogens with one attached hydrogen (secondary N) is 1. The summed E-state index contributed by atoms with van der Waals surface area (Å²) in [7, 11) is 2.93. The third-order valence-corrected chi connectivity index (χ3v) is 5.97. The van der Waals surface area contributed by atoms with E-state index in [-0.39, 0.29) is 29.5 Å². The first kappa shape index (κ1) is 23.1. The molecule has 0 bridgehead atoms. The lowest BCUT2D eigenvalue weighted by Gasteiger charge is -2.29. The van der Waals surface area contributed by atoms with Gasteiger partial charge in [-0.25, -0.2) is 14.8 Å². The van der Waals surface area contributed by atoms with Gasteiger partial charge in [0.25, 0.3) is 5.91 Å². The summed E-state index contributed by atoms with van der Waals surface area (Å²) >= 11 is 0. The van der Waals surface area contributed by atoms with Gasteiger partial charge in [-0.2, -0.15) is 5.26 Å². The summed E-state index contributed by atoms with van der Waals surface area (Å²) in [5, 5.41) is 11.8. The Balaban J connectivity index is 1.57. The minimum Gasteiger partial charge on any atom is -0.495 e. The first-order valence-corrected chi connectivity index (χ1v) is 10.8. The molecule has 2 aromatic heterocycles. The van der Waals surface area contributed by atoms with Crippen LogP contribution in [-0.4, -0.2) is 66.5 Å². The average molecular weight is 464 g/mol. The lowest BCUT2D eigenvalue weighted by atomic mass is 10.0. The SMILES string of the molecule is COc1cc(NC(=O)N2CCCc3cc(CN4CC[C@@H](OC)C4=O)c(C=O)nc32)ncc1C#N. The second-order valence-corrected chi connectivity index (χ2v) is 7.97. The Kier molecular flexibility index (Phi) is 6.70. The molecule has 2 aliphatic heterocycles. The van der Waals surface area contributed by atoms with Crippen LogP contribution in [0.15, 0.2) is 18.3 Å². The number of pyridine rings is 2. The summed E-state index contributed by atoms with van der Waals surface area (Å²) in [5.41, 5.74) is 1.90. The molecule has 2 aliphatic rings. The molecule has 1 atom stereocenters. The van der Waals surface area contributed by atoms with Crippen LogP contribution in [0, 0.1) is 11.3 Å². The standard InChI is InChI=1S/C23H24N6O5/c1-33-18-5-7-28(22(18)31)12-15-8-14-4-3-6-29(21(14)26-17(15)13-30)23(32)27-20-9-19(34-2)16(10-24)11-25-20/h8-9,11,13,18H,3-7,12H2,1-2H3,(H,25,27,32)/t18-/m1/s1. The summed E-state index contributed by atoms with van der Waals surface area (Å²) in [6, 6.07) is 4.82. The molecule has 4 heterocycles. The number of aldehydes is 1. The van der Waals surface area contributed by atoms with Crippen molar-refractivity contribution in [2.45, 2.75) is 31.9 Å². The van der Waals surface area contributed by atoms with Crippen LogP contribution in [0.5, 0.6) is 5.75 Å². The van der Waals surface area contributed by atoms with Crippen LogP contribution < -0.4 is 15.0 Å². The van der Waals surface area contributed by atoms with Crippen LogP contribution in [0.1, 0.15) is 40.0 Å². The largest absolute Gasteiger partial charge is 0.495 e. The fourth-order valence-electron chi connectivity index (χ4n) is 4.21. The number of hydrogen-bond donors (Lipinski definition) is 1. The maximum Gasteiger partial charge on any atom is 0.328 e. The second kappa shape index (κ2) is 9.84. The van der Waals surface area contributed by atoms with E-state index in [9.17, 15) is 14.4 Å². The van der Waals surface area contributed by atoms with E-state index in [0.29, 0.717) is 55.8 Å². The third kappa shape index (κ3) is 4.40. The number of likely N-dealkylation sites (tertiary alicyclic amines) is 1. The van der Waals surface area contributed by atoms with Gasteiger partial charge in [-0.1, -0.05) is 0 Å². The van der Waals surface area contributed by atoms with Crippen LogP contribution in [0.25, 0.3) is 0 Å². The number of rotatable bonds is 6. The molecule has 1 N–H and O–H groups in total. The van der Waals surface area contributed by atoms with E-state index in [1.807, 2.05) is 12.1 Å². The normalized spacial score (nSPS) is 17.2. The minimum atomic E-state index is -0.463. The number of hydrogen-bond acceptors (Lipinski definition) is 8. The zero-order valence-corrected chi connectivity index (χ0v) is 18.9. The summed E-state index contributed by atoms with van der Waals surface area (Å²) in [6.45, 7) is 1.22. The van der Waals surface area contributed by atoms with Crippen molar-refractivity contribution in [3.8, 4) is 11.8 Å². The molecular weight excluding hydrogens is 440 g/mol. The van der Waals surface area contributed by atoms with E-state index in [0.717, 1.165) is 5.56 Å². The van der Waals surface area contributed by atoms with Crippen molar-refractivity contribution in [2.24, 2.45) is 0 Å². The maximum absolute atomic E-state index is 13.0. The zero-order valence-electron chi connectivity index (χ0n) is 18.9. The number of nitriles is 1. The highest BCUT2D eigenvalue weighted by Crippen LogP contribution is 2.29. The fourth-order valence-corrected chi connectivity index (χ4v) is 4.21. The topological polar surface area (TPSA) is 138 Å². The van der Waals surface area contributed by atoms with Crippen molar-refractivity contribution in [1.82, 2.24) is 14.9 Å². The molecule has 0 spiro atoms. The van der Waals surface area contributed by atoms with Crippen molar-refractivity contribution < 1.29 is 23.9 Å². The number of urea groups is 1. The van der Waals surface area contributed by atoms with Gasteiger partial charge in [0.15, 0.2) is 6.29 Å². The zero-order chi connectivity index (χ0) is 24.2. The van der Waals surface area contributed by atoms with Gasteiger partial charge in [0, 0.05) is 44.8 Å². The van der Waals surface area contributed by atoms with Gasteiger partial charge in [0.05, 0.1) is 13.3 Å². The molecule has 11 heteroatoms. The molecule has 1 fully saturated rings. The highest BCUT2D eigenvalue weighted by atomic mass is 16.5. The fraction of sp³-hybridized carbons (Fsp3) is 0.391. The predicted octanol–water partition coefficient (Wildman–Crippen LogP) is 1.90. The highest BCUT2D eigenvalue weighted by Gasteiger charge is 2.33. The smallest absolute Gasteiger partial charge is 0.328 e. The molecule has 34 heavy (non-hydrogen) atoms. The van der Waals surface area contributed by atoms with Gasteiger partial charge >= 0.3 is 6.03 Å². The molecular formula is C23H24N6O5. The number of aromatic nitrogens is 2. The summed E-state index contributed by atoms with van der Waals surface area (Å²) in [4.78, 5) is 49.0. The number of nitrogens with zero attached hydrogens (tertiary/aromatic N) is 5. The Hall–Kier alpha value is -4.04. The van der Waals surface area contributed by atoms with Gasteiger partial charge in [0.1, 0.15) is 40.8 Å². The number of carbonyl (C=O) groups is 3. The quantitative estimate of drug-likeness (QED) is 0.640. The predicted molar refractivity (Wildman–Crippen MR) is 121 cm³/mol. The Morgan fingerprint density at radius 3 is 2.85 bits per heavy atom. The summed E-state index contributed by atoms with van der Waals surface area (Å²) in [5.74, 6) is 0.812. The van der Waals surface area contributed by atoms with Crippen molar-refractivity contribution in [2.75, 3.05) is 37.5 Å². The Morgan fingerprint density at radius 1 is 1.35 bits per heavy atom. The monoisotopic (exact) mass is 464 g/mol. The van der Waals surface area contributed by atoms with Gasteiger partial charge < -0.3 is 14.4 Å². The summed E-state index contributed by atoms with van der Waals surface area (Å²) in [6.07, 6.45) is 3.50. The Labute approximate surface area is 196 Å². The van der Waals surface area contributed by atoms with Crippen LogP contribution in [0.2, 0.25) is 0 Å². The van der Waals surface area contributed by atoms with Crippen LogP contribution in [0.4, 0.5) is 16.4 Å². The van der Waals surface area contributed by atoms with E-state index in [4.69, 9.17) is 14.7 Å². The van der Waals surface area contributed by atoms with Crippen molar-refractivity contribution in [3.05, 3.63) is 40.7 Å². The van der Waals surface area contributed by atoms with E-state index in [1.54, 1.807) is 4.90 Å². The number of ether oxygens (including phenoxy) is 2. The molecule has 0 saturated carbocycles.